The predicted octanol–water partition coefficient (Wildman–Crippen LogP) is 3.69. The number of hydrogen-bond acceptors (Lipinski definition) is 3. The summed E-state index contributed by atoms with van der Waals surface area (Å²) >= 11 is 0. The first-order valence-electron chi connectivity index (χ1n) is 9.30. The maximum atomic E-state index is 13.0. The van der Waals surface area contributed by atoms with Crippen LogP contribution in [0, 0.1) is 6.92 Å². The Morgan fingerprint density at radius 1 is 1.32 bits per heavy atom. The molecule has 0 radical (unpaired) electrons. The third-order valence-electron chi connectivity index (χ3n) is 4.71. The lowest BCUT2D eigenvalue weighted by Gasteiger charge is -2.28. The van der Waals surface area contributed by atoms with E-state index in [1.54, 1.807) is 0 Å². The molecule has 0 aliphatic carbocycles. The second-order valence-electron chi connectivity index (χ2n) is 7.51. The van der Waals surface area contributed by atoms with Gasteiger partial charge in [0.1, 0.15) is 0 Å². The lowest BCUT2D eigenvalue weighted by Crippen LogP contribution is -2.43. The quantitative estimate of drug-likeness (QED) is 0.818. The van der Waals surface area contributed by atoms with Crippen molar-refractivity contribution in [2.75, 3.05) is 45.7 Å². The number of aryl methyl sites for hydroxylation is 1. The fourth-order valence-corrected chi connectivity index (χ4v) is 3.16. The molecule has 1 aliphatic heterocycles. The molecule has 1 aromatic carbocycles. The summed E-state index contributed by atoms with van der Waals surface area (Å²) in [5.74, 6) is 0.364. The summed E-state index contributed by atoms with van der Waals surface area (Å²) in [5, 5.41) is 3.17. The van der Waals surface area contributed by atoms with Gasteiger partial charge in [0.2, 0.25) is 0 Å². The van der Waals surface area contributed by atoms with Crippen LogP contribution in [-0.4, -0.2) is 62.3 Å². The molecule has 1 N–H and O–H groups in total. The Kier molecular flexibility index (Phi) is 7.26. The number of hydrogen-bond donors (Lipinski definition) is 1. The van der Waals surface area contributed by atoms with E-state index in [1.807, 2.05) is 32.0 Å². The molecular weight excluding hydrogens is 314 g/mol. The van der Waals surface area contributed by atoms with Crippen LogP contribution in [0.3, 0.4) is 0 Å². The molecule has 0 saturated carbocycles. The molecule has 5 heteroatoms. The number of nitrogens with one attached hydrogen (secondary N) is 1. The van der Waals surface area contributed by atoms with E-state index in [1.165, 1.54) is 5.56 Å². The number of rotatable bonds is 7. The van der Waals surface area contributed by atoms with Crippen molar-refractivity contribution in [3.8, 4) is 0 Å². The number of anilines is 1. The lowest BCUT2D eigenvalue weighted by atomic mass is 9.98. The minimum absolute atomic E-state index is 0.0337. The number of amides is 2. The van der Waals surface area contributed by atoms with E-state index in [0.717, 1.165) is 37.2 Å². The highest BCUT2D eigenvalue weighted by molar-refractivity contribution is 5.91. The smallest absolute Gasteiger partial charge is 0.321 e. The number of ether oxygens (including phenoxy) is 1. The zero-order chi connectivity index (χ0) is 18.4. The first kappa shape index (κ1) is 19.7. The number of nitrogens with zero attached hydrogens (tertiary/aromatic N) is 2. The Bertz CT molecular complexity index is 566. The van der Waals surface area contributed by atoms with E-state index in [0.29, 0.717) is 19.0 Å². The van der Waals surface area contributed by atoms with Gasteiger partial charge in [0, 0.05) is 31.9 Å². The number of para-hydroxylation sites is 1. The van der Waals surface area contributed by atoms with E-state index in [2.05, 4.69) is 36.2 Å². The Hall–Kier alpha value is -1.59. The average molecular weight is 348 g/mol. The fraction of sp³-hybridized carbons (Fsp3) is 0.650. The van der Waals surface area contributed by atoms with E-state index >= 15 is 0 Å². The summed E-state index contributed by atoms with van der Waals surface area (Å²) < 4.78 is 5.74. The van der Waals surface area contributed by atoms with Crippen LogP contribution in [0.1, 0.15) is 43.7 Å². The highest BCUT2D eigenvalue weighted by Gasteiger charge is 2.23. The van der Waals surface area contributed by atoms with E-state index in [-0.39, 0.29) is 12.1 Å². The van der Waals surface area contributed by atoms with Gasteiger partial charge in [0.15, 0.2) is 0 Å². The number of likely N-dealkylation sites (N-methyl/N-ethyl adjacent to an activating group) is 1. The molecular formula is C20H33N3O2. The molecule has 2 rings (SSSR count). The van der Waals surface area contributed by atoms with Crippen LogP contribution < -0.4 is 5.32 Å². The summed E-state index contributed by atoms with van der Waals surface area (Å²) in [4.78, 5) is 17.0. The summed E-state index contributed by atoms with van der Waals surface area (Å²) in [7, 11) is 4.06. The summed E-state index contributed by atoms with van der Waals surface area (Å²) in [6.45, 7) is 9.35. The number of carbonyl (C=O) groups is 1. The maximum absolute atomic E-state index is 13.0. The van der Waals surface area contributed by atoms with Crippen LogP contribution in [0.5, 0.6) is 0 Å². The minimum Gasteiger partial charge on any atom is -0.376 e. The molecule has 1 aromatic rings. The molecule has 1 unspecified atom stereocenters. The molecule has 0 bridgehead atoms. The van der Waals surface area contributed by atoms with Gasteiger partial charge in [-0.05, 0) is 50.9 Å². The van der Waals surface area contributed by atoms with Crippen molar-refractivity contribution in [2.24, 2.45) is 0 Å². The predicted molar refractivity (Wildman–Crippen MR) is 103 cm³/mol. The zero-order valence-electron chi connectivity index (χ0n) is 16.3. The van der Waals surface area contributed by atoms with Gasteiger partial charge < -0.3 is 19.9 Å². The molecule has 1 fully saturated rings. The third kappa shape index (κ3) is 5.72. The fourth-order valence-electron chi connectivity index (χ4n) is 3.16. The monoisotopic (exact) mass is 347 g/mol. The molecule has 1 aliphatic rings. The highest BCUT2D eigenvalue weighted by Crippen LogP contribution is 2.27. The standard InChI is InChI=1S/C20H33N3O2/c1-15(2)18-10-6-8-16(3)19(18)21-20(24)23(12-11-22(4)5)14-17-9-7-13-25-17/h6,8,10,15,17H,7,9,11-14H2,1-5H3,(H,21,24). The van der Waals surface area contributed by atoms with Crippen molar-refractivity contribution in [1.82, 2.24) is 9.80 Å². The Balaban J connectivity index is 2.12. The molecule has 1 atom stereocenters. The number of carbonyl (C=O) groups excluding carboxylic acids is 1. The summed E-state index contributed by atoms with van der Waals surface area (Å²) in [6, 6.07) is 6.16. The van der Waals surface area contributed by atoms with Crippen molar-refractivity contribution in [3.63, 3.8) is 0 Å². The van der Waals surface area contributed by atoms with Crippen LogP contribution in [0.25, 0.3) is 0 Å². The van der Waals surface area contributed by atoms with Gasteiger partial charge in [-0.2, -0.15) is 0 Å². The molecule has 0 spiro atoms. The topological polar surface area (TPSA) is 44.8 Å². The highest BCUT2D eigenvalue weighted by atomic mass is 16.5. The van der Waals surface area contributed by atoms with E-state index in [4.69, 9.17) is 4.74 Å². The summed E-state index contributed by atoms with van der Waals surface area (Å²) in [6.07, 6.45) is 2.28. The Labute approximate surface area is 152 Å². The zero-order valence-corrected chi connectivity index (χ0v) is 16.3. The van der Waals surface area contributed by atoms with Gasteiger partial charge in [0.25, 0.3) is 0 Å². The van der Waals surface area contributed by atoms with Crippen molar-refractivity contribution >= 4 is 11.7 Å². The Morgan fingerprint density at radius 2 is 2.08 bits per heavy atom. The van der Waals surface area contributed by atoms with Crippen LogP contribution in [-0.2, 0) is 4.74 Å². The molecule has 2 amide bonds. The second kappa shape index (κ2) is 9.20. The molecule has 0 aromatic heterocycles. The molecule has 1 heterocycles. The number of benzene rings is 1. The van der Waals surface area contributed by atoms with Gasteiger partial charge in [-0.1, -0.05) is 32.0 Å². The van der Waals surface area contributed by atoms with Crippen molar-refractivity contribution < 1.29 is 9.53 Å². The molecule has 5 nitrogen and oxygen atoms in total. The van der Waals surface area contributed by atoms with Gasteiger partial charge in [-0.25, -0.2) is 4.79 Å². The minimum atomic E-state index is -0.0337. The van der Waals surface area contributed by atoms with Gasteiger partial charge in [-0.15, -0.1) is 0 Å². The Morgan fingerprint density at radius 3 is 2.68 bits per heavy atom. The van der Waals surface area contributed by atoms with Gasteiger partial charge >= 0.3 is 6.03 Å². The summed E-state index contributed by atoms with van der Waals surface area (Å²) in [5.41, 5.74) is 3.23. The molecule has 140 valence electrons. The molecule has 1 saturated heterocycles. The first-order chi connectivity index (χ1) is 11.9. The average Bonchev–Trinajstić information content (AvgIpc) is 3.05. The van der Waals surface area contributed by atoms with Crippen LogP contribution in [0.15, 0.2) is 18.2 Å². The van der Waals surface area contributed by atoms with Crippen molar-refractivity contribution in [2.45, 2.75) is 45.6 Å². The van der Waals surface area contributed by atoms with Gasteiger partial charge in [-0.3, -0.25) is 0 Å². The van der Waals surface area contributed by atoms with Crippen molar-refractivity contribution in [1.29, 1.82) is 0 Å². The van der Waals surface area contributed by atoms with Crippen LogP contribution >= 0.6 is 0 Å². The third-order valence-corrected chi connectivity index (χ3v) is 4.71. The largest absolute Gasteiger partial charge is 0.376 e. The lowest BCUT2D eigenvalue weighted by molar-refractivity contribution is 0.0820. The number of urea groups is 1. The van der Waals surface area contributed by atoms with E-state index < -0.39 is 0 Å². The van der Waals surface area contributed by atoms with Gasteiger partial charge in [0.05, 0.1) is 6.10 Å². The SMILES string of the molecule is Cc1cccc(C(C)C)c1NC(=O)N(CCN(C)C)CC1CCCO1. The van der Waals surface area contributed by atoms with Crippen LogP contribution in [0.4, 0.5) is 10.5 Å². The van der Waals surface area contributed by atoms with Crippen LogP contribution in [0.2, 0.25) is 0 Å². The normalized spacial score (nSPS) is 17.3. The molecule has 25 heavy (non-hydrogen) atoms. The van der Waals surface area contributed by atoms with E-state index in [9.17, 15) is 4.79 Å². The second-order valence-corrected chi connectivity index (χ2v) is 7.51. The maximum Gasteiger partial charge on any atom is 0.321 e. The van der Waals surface area contributed by atoms with Crippen molar-refractivity contribution in [3.05, 3.63) is 29.3 Å². The first-order valence-corrected chi connectivity index (χ1v) is 9.30.